The van der Waals surface area contributed by atoms with Crippen molar-refractivity contribution in [1.82, 2.24) is 4.90 Å². The van der Waals surface area contributed by atoms with Crippen LogP contribution in [-0.2, 0) is 0 Å². The van der Waals surface area contributed by atoms with Gasteiger partial charge in [-0.2, -0.15) is 0 Å². The molecule has 0 spiro atoms. The number of likely N-dealkylation sites (tertiary alicyclic amines) is 1. The van der Waals surface area contributed by atoms with Crippen LogP contribution in [0.3, 0.4) is 0 Å². The van der Waals surface area contributed by atoms with Gasteiger partial charge < -0.3 is 5.11 Å². The van der Waals surface area contributed by atoms with Gasteiger partial charge in [-0.15, -0.1) is 0 Å². The summed E-state index contributed by atoms with van der Waals surface area (Å²) in [5, 5.41) is 10.4. The van der Waals surface area contributed by atoms with E-state index in [9.17, 15) is 5.11 Å². The molecule has 1 aliphatic heterocycles. The predicted molar refractivity (Wildman–Crippen MR) is 85.8 cm³/mol. The lowest BCUT2D eigenvalue weighted by molar-refractivity contribution is -0.00365. The standard InChI is InChI=1S/C18H35NO/c1-6-16-9-7-13(2)19(16)12-14-11-15(18(3,4)5)8-10-17(14)20/h13-17,20H,6-12H2,1-5H3. The molecule has 2 nitrogen and oxygen atoms in total. The lowest BCUT2D eigenvalue weighted by Gasteiger charge is -2.42. The van der Waals surface area contributed by atoms with E-state index in [1.807, 2.05) is 0 Å². The summed E-state index contributed by atoms with van der Waals surface area (Å²) in [5.74, 6) is 1.26. The van der Waals surface area contributed by atoms with Gasteiger partial charge in [0, 0.05) is 18.6 Å². The summed E-state index contributed by atoms with van der Waals surface area (Å²) in [6.07, 6.45) is 7.30. The molecular formula is C18H35NO. The second kappa shape index (κ2) is 6.36. The number of aliphatic hydroxyl groups is 1. The third-order valence-corrected chi connectivity index (χ3v) is 6.04. The summed E-state index contributed by atoms with van der Waals surface area (Å²) < 4.78 is 0. The van der Waals surface area contributed by atoms with Gasteiger partial charge in [-0.05, 0) is 62.7 Å². The molecule has 5 unspecified atom stereocenters. The van der Waals surface area contributed by atoms with Crippen LogP contribution in [0.1, 0.15) is 73.1 Å². The van der Waals surface area contributed by atoms with Crippen LogP contribution in [0.2, 0.25) is 0 Å². The van der Waals surface area contributed by atoms with Gasteiger partial charge in [0.05, 0.1) is 6.10 Å². The summed E-state index contributed by atoms with van der Waals surface area (Å²) in [7, 11) is 0. The monoisotopic (exact) mass is 281 g/mol. The van der Waals surface area contributed by atoms with E-state index in [-0.39, 0.29) is 6.10 Å². The van der Waals surface area contributed by atoms with Crippen molar-refractivity contribution in [3.63, 3.8) is 0 Å². The Labute approximate surface area is 125 Å². The van der Waals surface area contributed by atoms with Crippen LogP contribution in [-0.4, -0.2) is 34.7 Å². The first-order chi connectivity index (χ1) is 9.32. The maximum Gasteiger partial charge on any atom is 0.0580 e. The normalized spacial score (nSPS) is 40.2. The minimum absolute atomic E-state index is 0.0705. The van der Waals surface area contributed by atoms with Crippen molar-refractivity contribution in [1.29, 1.82) is 0 Å². The molecule has 0 radical (unpaired) electrons. The van der Waals surface area contributed by atoms with E-state index in [1.54, 1.807) is 0 Å². The van der Waals surface area contributed by atoms with Crippen molar-refractivity contribution in [3.8, 4) is 0 Å². The molecule has 20 heavy (non-hydrogen) atoms. The van der Waals surface area contributed by atoms with Crippen molar-refractivity contribution in [2.45, 2.75) is 91.3 Å². The van der Waals surface area contributed by atoms with E-state index in [0.29, 0.717) is 17.4 Å². The zero-order valence-electron chi connectivity index (χ0n) is 14.2. The van der Waals surface area contributed by atoms with Gasteiger partial charge in [0.1, 0.15) is 0 Å². The molecule has 1 heterocycles. The Morgan fingerprint density at radius 3 is 2.40 bits per heavy atom. The van der Waals surface area contributed by atoms with E-state index in [4.69, 9.17) is 0 Å². The summed E-state index contributed by atoms with van der Waals surface area (Å²) in [6.45, 7) is 12.9. The quantitative estimate of drug-likeness (QED) is 0.843. The van der Waals surface area contributed by atoms with Crippen molar-refractivity contribution in [3.05, 3.63) is 0 Å². The minimum Gasteiger partial charge on any atom is -0.393 e. The first-order valence-corrected chi connectivity index (χ1v) is 8.76. The molecule has 0 aromatic carbocycles. The van der Waals surface area contributed by atoms with Crippen LogP contribution >= 0.6 is 0 Å². The van der Waals surface area contributed by atoms with Crippen LogP contribution in [0.25, 0.3) is 0 Å². The Morgan fingerprint density at radius 1 is 1.10 bits per heavy atom. The van der Waals surface area contributed by atoms with E-state index in [1.165, 1.54) is 32.1 Å². The summed E-state index contributed by atoms with van der Waals surface area (Å²) in [4.78, 5) is 2.69. The molecule has 0 aromatic heterocycles. The van der Waals surface area contributed by atoms with Gasteiger partial charge in [0.15, 0.2) is 0 Å². The molecule has 1 saturated heterocycles. The fourth-order valence-electron chi connectivity index (χ4n) is 4.39. The Kier molecular flexibility index (Phi) is 5.18. The first kappa shape index (κ1) is 16.3. The number of rotatable bonds is 3. The molecule has 2 aliphatic rings. The van der Waals surface area contributed by atoms with Gasteiger partial charge >= 0.3 is 0 Å². The fraction of sp³-hybridized carbons (Fsp3) is 1.00. The predicted octanol–water partition coefficient (Wildman–Crippen LogP) is 4.07. The molecule has 1 saturated carbocycles. The Balaban J connectivity index is 1.99. The third-order valence-electron chi connectivity index (χ3n) is 6.04. The Bertz CT molecular complexity index is 309. The second-order valence-corrected chi connectivity index (χ2v) is 8.39. The third kappa shape index (κ3) is 3.57. The molecule has 1 N–H and O–H groups in total. The molecule has 2 fully saturated rings. The van der Waals surface area contributed by atoms with Crippen LogP contribution < -0.4 is 0 Å². The van der Waals surface area contributed by atoms with Gasteiger partial charge in [-0.25, -0.2) is 0 Å². The zero-order chi connectivity index (χ0) is 14.9. The number of hydrogen-bond acceptors (Lipinski definition) is 2. The van der Waals surface area contributed by atoms with Gasteiger partial charge in [0.25, 0.3) is 0 Å². The van der Waals surface area contributed by atoms with Gasteiger partial charge in [-0.1, -0.05) is 27.7 Å². The Hall–Kier alpha value is -0.0800. The molecular weight excluding hydrogens is 246 g/mol. The smallest absolute Gasteiger partial charge is 0.0580 e. The highest BCUT2D eigenvalue weighted by Gasteiger charge is 2.38. The summed E-state index contributed by atoms with van der Waals surface area (Å²) in [5.41, 5.74) is 0.388. The molecule has 2 rings (SSSR count). The van der Waals surface area contributed by atoms with E-state index in [2.05, 4.69) is 39.5 Å². The highest BCUT2D eigenvalue weighted by Crippen LogP contribution is 2.41. The molecule has 118 valence electrons. The summed E-state index contributed by atoms with van der Waals surface area (Å²) >= 11 is 0. The number of hydrogen-bond donors (Lipinski definition) is 1. The first-order valence-electron chi connectivity index (χ1n) is 8.76. The topological polar surface area (TPSA) is 23.5 Å². The van der Waals surface area contributed by atoms with Crippen molar-refractivity contribution in [2.75, 3.05) is 6.54 Å². The van der Waals surface area contributed by atoms with E-state index < -0.39 is 0 Å². The number of nitrogens with zero attached hydrogens (tertiary/aromatic N) is 1. The van der Waals surface area contributed by atoms with Crippen molar-refractivity contribution >= 4 is 0 Å². The maximum absolute atomic E-state index is 10.4. The minimum atomic E-state index is -0.0705. The van der Waals surface area contributed by atoms with Crippen LogP contribution in [0.4, 0.5) is 0 Å². The molecule has 0 aromatic rings. The highest BCUT2D eigenvalue weighted by molar-refractivity contribution is 4.91. The highest BCUT2D eigenvalue weighted by atomic mass is 16.3. The summed E-state index contributed by atoms with van der Waals surface area (Å²) in [6, 6.07) is 1.47. The molecule has 0 amide bonds. The fourth-order valence-corrected chi connectivity index (χ4v) is 4.39. The molecule has 1 aliphatic carbocycles. The molecule has 0 bridgehead atoms. The lowest BCUT2D eigenvalue weighted by atomic mass is 9.68. The van der Waals surface area contributed by atoms with Gasteiger partial charge in [-0.3, -0.25) is 4.90 Å². The lowest BCUT2D eigenvalue weighted by Crippen LogP contribution is -2.44. The molecule has 5 atom stereocenters. The van der Waals surface area contributed by atoms with Crippen LogP contribution in [0.15, 0.2) is 0 Å². The zero-order valence-corrected chi connectivity index (χ0v) is 14.2. The van der Waals surface area contributed by atoms with Crippen LogP contribution in [0, 0.1) is 17.3 Å². The van der Waals surface area contributed by atoms with Crippen molar-refractivity contribution < 1.29 is 5.11 Å². The van der Waals surface area contributed by atoms with E-state index >= 15 is 0 Å². The average molecular weight is 281 g/mol. The molecule has 2 heteroatoms. The van der Waals surface area contributed by atoms with Crippen LogP contribution in [0.5, 0.6) is 0 Å². The Morgan fingerprint density at radius 2 is 1.80 bits per heavy atom. The van der Waals surface area contributed by atoms with E-state index in [0.717, 1.165) is 24.9 Å². The van der Waals surface area contributed by atoms with Gasteiger partial charge in [0.2, 0.25) is 0 Å². The second-order valence-electron chi connectivity index (χ2n) is 8.39. The van der Waals surface area contributed by atoms with Crippen molar-refractivity contribution in [2.24, 2.45) is 17.3 Å². The largest absolute Gasteiger partial charge is 0.393 e. The maximum atomic E-state index is 10.4. The number of aliphatic hydroxyl groups excluding tert-OH is 1. The SMILES string of the molecule is CCC1CCC(C)N1CC1CC(C(C)(C)C)CCC1O. The average Bonchev–Trinajstić information content (AvgIpc) is 2.72.